The van der Waals surface area contributed by atoms with Crippen molar-refractivity contribution in [3.63, 3.8) is 0 Å². The number of hydrogen-bond donors (Lipinski definition) is 2. The lowest BCUT2D eigenvalue weighted by Gasteiger charge is -2.29. The fraction of sp³-hybridized carbons (Fsp3) is 0.588. The number of hydrogen-bond acceptors (Lipinski definition) is 3. The Morgan fingerprint density at radius 3 is 2.48 bits per heavy atom. The first-order chi connectivity index (χ1) is 10.2. The number of primary amides is 1. The number of ether oxygens (including phenoxy) is 1. The van der Waals surface area contributed by atoms with Gasteiger partial charge in [0.1, 0.15) is 0 Å². The maximum absolute atomic E-state index is 10.6. The van der Waals surface area contributed by atoms with Crippen LogP contribution in [0, 0.1) is 5.92 Å². The summed E-state index contributed by atoms with van der Waals surface area (Å²) in [5, 5.41) is 3.60. The van der Waals surface area contributed by atoms with Crippen molar-refractivity contribution < 1.29 is 9.53 Å². The molecule has 4 heteroatoms. The van der Waals surface area contributed by atoms with Gasteiger partial charge in [0.15, 0.2) is 0 Å². The van der Waals surface area contributed by atoms with Crippen LogP contribution in [0.4, 0.5) is 10.5 Å². The Bertz CT molecular complexity index is 437. The van der Waals surface area contributed by atoms with Crippen LogP contribution in [-0.2, 0) is 11.2 Å². The number of carbonyl (C=O) groups excluding carboxylic acids is 1. The SMILES string of the molecule is CCCc1ccc(NC2CCC(COC(N)=O)CC2)cc1. The molecule has 1 amide bonds. The summed E-state index contributed by atoms with van der Waals surface area (Å²) in [7, 11) is 0. The molecule has 21 heavy (non-hydrogen) atoms. The summed E-state index contributed by atoms with van der Waals surface area (Å²) in [5.41, 5.74) is 7.60. The lowest BCUT2D eigenvalue weighted by molar-refractivity contribution is 0.123. The van der Waals surface area contributed by atoms with Gasteiger partial charge in [0.05, 0.1) is 6.61 Å². The molecule has 1 fully saturated rings. The average Bonchev–Trinajstić information content (AvgIpc) is 2.49. The van der Waals surface area contributed by atoms with Crippen LogP contribution in [0.1, 0.15) is 44.6 Å². The van der Waals surface area contributed by atoms with Gasteiger partial charge in [0, 0.05) is 11.7 Å². The quantitative estimate of drug-likeness (QED) is 0.839. The molecule has 1 aromatic carbocycles. The molecule has 1 aliphatic rings. The second-order valence-electron chi connectivity index (χ2n) is 5.94. The van der Waals surface area contributed by atoms with E-state index < -0.39 is 6.09 Å². The van der Waals surface area contributed by atoms with Crippen molar-refractivity contribution in [3.05, 3.63) is 29.8 Å². The zero-order valence-electron chi connectivity index (χ0n) is 12.8. The minimum Gasteiger partial charge on any atom is -0.449 e. The number of nitrogens with one attached hydrogen (secondary N) is 1. The summed E-state index contributed by atoms with van der Waals surface area (Å²) < 4.78 is 4.89. The van der Waals surface area contributed by atoms with Gasteiger partial charge in [0.2, 0.25) is 0 Å². The van der Waals surface area contributed by atoms with E-state index in [1.54, 1.807) is 0 Å². The maximum atomic E-state index is 10.6. The molecule has 4 nitrogen and oxygen atoms in total. The van der Waals surface area contributed by atoms with Gasteiger partial charge in [-0.1, -0.05) is 25.5 Å². The molecule has 116 valence electrons. The highest BCUT2D eigenvalue weighted by Crippen LogP contribution is 2.27. The molecule has 2 rings (SSSR count). The number of benzene rings is 1. The molecule has 1 saturated carbocycles. The Balaban J connectivity index is 1.74. The van der Waals surface area contributed by atoms with Crippen molar-refractivity contribution >= 4 is 11.8 Å². The van der Waals surface area contributed by atoms with Gasteiger partial charge in [-0.15, -0.1) is 0 Å². The van der Waals surface area contributed by atoms with E-state index in [-0.39, 0.29) is 0 Å². The van der Waals surface area contributed by atoms with E-state index in [0.717, 1.165) is 32.1 Å². The highest BCUT2D eigenvalue weighted by molar-refractivity contribution is 5.64. The monoisotopic (exact) mass is 290 g/mol. The van der Waals surface area contributed by atoms with Crippen LogP contribution in [-0.4, -0.2) is 18.7 Å². The van der Waals surface area contributed by atoms with E-state index in [2.05, 4.69) is 36.5 Å². The highest BCUT2D eigenvalue weighted by Gasteiger charge is 2.21. The third-order valence-corrected chi connectivity index (χ3v) is 4.17. The summed E-state index contributed by atoms with van der Waals surface area (Å²) in [6.45, 7) is 2.67. The number of aryl methyl sites for hydroxylation is 1. The molecule has 0 aliphatic heterocycles. The molecular formula is C17H26N2O2. The minimum absolute atomic E-state index is 0.461. The molecule has 1 aliphatic carbocycles. The summed E-state index contributed by atoms with van der Waals surface area (Å²) in [5.74, 6) is 0.461. The Labute approximate surface area is 127 Å². The zero-order chi connectivity index (χ0) is 15.1. The third-order valence-electron chi connectivity index (χ3n) is 4.17. The molecule has 0 aromatic heterocycles. The van der Waals surface area contributed by atoms with Crippen LogP contribution in [0.15, 0.2) is 24.3 Å². The van der Waals surface area contributed by atoms with Crippen molar-refractivity contribution in [2.45, 2.75) is 51.5 Å². The van der Waals surface area contributed by atoms with Crippen LogP contribution in [0.2, 0.25) is 0 Å². The molecule has 3 N–H and O–H groups in total. The number of rotatable bonds is 6. The number of nitrogens with two attached hydrogens (primary N) is 1. The highest BCUT2D eigenvalue weighted by atomic mass is 16.5. The largest absolute Gasteiger partial charge is 0.449 e. The first-order valence-corrected chi connectivity index (χ1v) is 7.95. The van der Waals surface area contributed by atoms with Gasteiger partial charge in [-0.05, 0) is 55.7 Å². The lowest BCUT2D eigenvalue weighted by Crippen LogP contribution is -2.29. The molecule has 0 atom stereocenters. The zero-order valence-corrected chi connectivity index (χ0v) is 12.8. The molecule has 0 spiro atoms. The average molecular weight is 290 g/mol. The lowest BCUT2D eigenvalue weighted by atomic mass is 9.86. The molecule has 0 unspecified atom stereocenters. The predicted octanol–water partition coefficient (Wildman–Crippen LogP) is 3.71. The smallest absolute Gasteiger partial charge is 0.404 e. The van der Waals surface area contributed by atoms with Crippen LogP contribution in [0.25, 0.3) is 0 Å². The van der Waals surface area contributed by atoms with E-state index in [1.807, 2.05) is 0 Å². The molecule has 0 saturated heterocycles. The van der Waals surface area contributed by atoms with E-state index in [1.165, 1.54) is 17.7 Å². The topological polar surface area (TPSA) is 64.3 Å². The molecular weight excluding hydrogens is 264 g/mol. The van der Waals surface area contributed by atoms with Crippen molar-refractivity contribution in [2.24, 2.45) is 11.7 Å². The fourth-order valence-corrected chi connectivity index (χ4v) is 2.97. The van der Waals surface area contributed by atoms with Crippen LogP contribution >= 0.6 is 0 Å². The second kappa shape index (κ2) is 7.91. The molecule has 0 heterocycles. The summed E-state index contributed by atoms with van der Waals surface area (Å²) >= 11 is 0. The molecule has 0 bridgehead atoms. The first-order valence-electron chi connectivity index (χ1n) is 7.95. The normalized spacial score (nSPS) is 21.8. The van der Waals surface area contributed by atoms with Gasteiger partial charge in [-0.25, -0.2) is 4.79 Å². The van der Waals surface area contributed by atoms with Crippen molar-refractivity contribution in [1.82, 2.24) is 0 Å². The van der Waals surface area contributed by atoms with E-state index in [4.69, 9.17) is 10.5 Å². The summed E-state index contributed by atoms with van der Waals surface area (Å²) in [4.78, 5) is 10.6. The van der Waals surface area contributed by atoms with Crippen LogP contribution in [0.5, 0.6) is 0 Å². The van der Waals surface area contributed by atoms with Gasteiger partial charge < -0.3 is 15.8 Å². The van der Waals surface area contributed by atoms with Gasteiger partial charge in [0.25, 0.3) is 0 Å². The van der Waals surface area contributed by atoms with E-state index in [0.29, 0.717) is 18.6 Å². The van der Waals surface area contributed by atoms with E-state index in [9.17, 15) is 4.79 Å². The third kappa shape index (κ3) is 5.29. The molecule has 0 radical (unpaired) electrons. The van der Waals surface area contributed by atoms with Crippen molar-refractivity contribution in [3.8, 4) is 0 Å². The number of anilines is 1. The van der Waals surface area contributed by atoms with Crippen molar-refractivity contribution in [2.75, 3.05) is 11.9 Å². The second-order valence-corrected chi connectivity index (χ2v) is 5.94. The van der Waals surface area contributed by atoms with Gasteiger partial charge in [-0.3, -0.25) is 0 Å². The summed E-state index contributed by atoms with van der Waals surface area (Å²) in [6.07, 6.45) is 6.06. The Morgan fingerprint density at radius 1 is 1.24 bits per heavy atom. The van der Waals surface area contributed by atoms with Crippen LogP contribution in [0.3, 0.4) is 0 Å². The van der Waals surface area contributed by atoms with Crippen LogP contribution < -0.4 is 11.1 Å². The summed E-state index contributed by atoms with van der Waals surface area (Å²) in [6, 6.07) is 9.28. The first kappa shape index (κ1) is 15.7. The Kier molecular flexibility index (Phi) is 5.90. The maximum Gasteiger partial charge on any atom is 0.404 e. The van der Waals surface area contributed by atoms with Gasteiger partial charge >= 0.3 is 6.09 Å². The standard InChI is InChI=1S/C17H26N2O2/c1-2-3-13-4-8-15(9-5-13)19-16-10-6-14(7-11-16)12-21-17(18)20/h4-5,8-9,14,16,19H,2-3,6-7,10-12H2,1H3,(H2,18,20). The van der Waals surface area contributed by atoms with Gasteiger partial charge in [-0.2, -0.15) is 0 Å². The van der Waals surface area contributed by atoms with E-state index >= 15 is 0 Å². The Hall–Kier alpha value is -1.71. The number of carbonyl (C=O) groups is 1. The number of amides is 1. The molecule has 1 aromatic rings. The van der Waals surface area contributed by atoms with Crippen molar-refractivity contribution in [1.29, 1.82) is 0 Å². The predicted molar refractivity (Wildman–Crippen MR) is 85.3 cm³/mol. The Morgan fingerprint density at radius 2 is 1.90 bits per heavy atom. The fourth-order valence-electron chi connectivity index (χ4n) is 2.97. The minimum atomic E-state index is -0.664.